The predicted octanol–water partition coefficient (Wildman–Crippen LogP) is 1.16. The van der Waals surface area contributed by atoms with Gasteiger partial charge in [0.05, 0.1) is 0 Å². The van der Waals surface area contributed by atoms with Crippen LogP contribution in [0.5, 0.6) is 0 Å². The minimum absolute atomic E-state index is 0.244. The topological polar surface area (TPSA) is 32.3 Å². The molecule has 2 atom stereocenters. The molecule has 2 aliphatic rings. The third-order valence-electron chi connectivity index (χ3n) is 3.55. The van der Waals surface area contributed by atoms with Crippen molar-refractivity contribution in [2.75, 3.05) is 19.6 Å². The normalized spacial score (nSPS) is 30.8. The number of nitrogens with one attached hydrogen (secondary N) is 1. The number of hydrogen-bond donors (Lipinski definition) is 1. The molecule has 0 aromatic carbocycles. The van der Waals surface area contributed by atoms with E-state index in [1.165, 1.54) is 6.42 Å². The number of rotatable bonds is 2. The van der Waals surface area contributed by atoms with Crippen LogP contribution in [-0.4, -0.2) is 36.5 Å². The summed E-state index contributed by atoms with van der Waals surface area (Å²) in [5.74, 6) is 0.941. The molecule has 3 heteroatoms. The van der Waals surface area contributed by atoms with E-state index in [9.17, 15) is 4.79 Å². The van der Waals surface area contributed by atoms with Crippen LogP contribution in [0.15, 0.2) is 11.6 Å². The summed E-state index contributed by atoms with van der Waals surface area (Å²) in [6.45, 7) is 7.02. The van der Waals surface area contributed by atoms with Gasteiger partial charge in [0, 0.05) is 31.2 Å². The highest BCUT2D eigenvalue weighted by molar-refractivity contribution is 5.93. The first kappa shape index (κ1) is 10.7. The van der Waals surface area contributed by atoms with Crippen molar-refractivity contribution in [3.8, 4) is 0 Å². The fraction of sp³-hybridized carbons (Fsp3) is 0.750. The second-order valence-electron chi connectivity index (χ2n) is 4.57. The van der Waals surface area contributed by atoms with E-state index in [1.54, 1.807) is 0 Å². The van der Waals surface area contributed by atoms with E-state index in [0.29, 0.717) is 12.0 Å². The Kier molecular flexibility index (Phi) is 3.10. The molecule has 3 nitrogen and oxygen atoms in total. The average molecular weight is 208 g/mol. The van der Waals surface area contributed by atoms with Crippen LogP contribution in [-0.2, 0) is 4.79 Å². The smallest absolute Gasteiger partial charge is 0.249 e. The number of fused-ring (bicyclic) bond motifs is 1. The van der Waals surface area contributed by atoms with Gasteiger partial charge in [-0.15, -0.1) is 0 Å². The fourth-order valence-corrected chi connectivity index (χ4v) is 2.72. The largest absolute Gasteiger partial charge is 0.334 e. The van der Waals surface area contributed by atoms with Crippen molar-refractivity contribution < 1.29 is 4.79 Å². The highest BCUT2D eigenvalue weighted by atomic mass is 16.2. The van der Waals surface area contributed by atoms with Gasteiger partial charge in [-0.05, 0) is 25.7 Å². The Hall–Kier alpha value is -0.830. The number of hydrogen-bond acceptors (Lipinski definition) is 2. The van der Waals surface area contributed by atoms with Gasteiger partial charge in [0.1, 0.15) is 0 Å². The first-order valence-corrected chi connectivity index (χ1v) is 5.92. The van der Waals surface area contributed by atoms with Crippen molar-refractivity contribution in [2.24, 2.45) is 5.92 Å². The summed E-state index contributed by atoms with van der Waals surface area (Å²) in [5, 5.41) is 3.37. The van der Waals surface area contributed by atoms with Crippen molar-refractivity contribution in [3.63, 3.8) is 0 Å². The number of nitrogens with zero attached hydrogens (tertiary/aromatic N) is 1. The molecule has 0 aromatic heterocycles. The minimum Gasteiger partial charge on any atom is -0.334 e. The van der Waals surface area contributed by atoms with Gasteiger partial charge in [0.2, 0.25) is 5.91 Å². The summed E-state index contributed by atoms with van der Waals surface area (Å²) >= 11 is 0. The van der Waals surface area contributed by atoms with Crippen LogP contribution in [0.2, 0.25) is 0 Å². The van der Waals surface area contributed by atoms with E-state index in [2.05, 4.69) is 17.1 Å². The third kappa shape index (κ3) is 1.93. The number of carbonyl (C=O) groups excluding carboxylic acids is 1. The molecule has 2 aliphatic heterocycles. The number of amides is 1. The molecule has 0 unspecified atom stereocenters. The Bertz CT molecular complexity index is 285. The molecule has 0 aromatic rings. The molecule has 2 saturated heterocycles. The van der Waals surface area contributed by atoms with Gasteiger partial charge in [-0.25, -0.2) is 0 Å². The molecular weight excluding hydrogens is 188 g/mol. The third-order valence-corrected chi connectivity index (χ3v) is 3.55. The maximum absolute atomic E-state index is 12.1. The van der Waals surface area contributed by atoms with E-state index >= 15 is 0 Å². The van der Waals surface area contributed by atoms with E-state index in [0.717, 1.165) is 31.6 Å². The maximum Gasteiger partial charge on any atom is 0.249 e. The Labute approximate surface area is 91.5 Å². The zero-order valence-electron chi connectivity index (χ0n) is 9.62. The van der Waals surface area contributed by atoms with Crippen LogP contribution < -0.4 is 5.32 Å². The Morgan fingerprint density at radius 3 is 3.07 bits per heavy atom. The Balaban J connectivity index is 2.05. The second-order valence-corrected chi connectivity index (χ2v) is 4.57. The zero-order chi connectivity index (χ0) is 10.8. The average Bonchev–Trinajstić information content (AvgIpc) is 2.77. The summed E-state index contributed by atoms with van der Waals surface area (Å²) in [6.07, 6.45) is 4.14. The highest BCUT2D eigenvalue weighted by Gasteiger charge is 2.39. The lowest BCUT2D eigenvalue weighted by Gasteiger charge is -2.23. The molecule has 2 heterocycles. The molecule has 2 fully saturated rings. The van der Waals surface area contributed by atoms with Crippen LogP contribution in [0.25, 0.3) is 0 Å². The SMILES string of the molecule is CC/C=C(\C)C(=O)N1CC[C@H]2CNC[C@H]21. The molecule has 1 N–H and O–H groups in total. The molecule has 1 amide bonds. The van der Waals surface area contributed by atoms with Crippen molar-refractivity contribution >= 4 is 5.91 Å². The summed E-state index contributed by atoms with van der Waals surface area (Å²) in [5.41, 5.74) is 0.907. The zero-order valence-corrected chi connectivity index (χ0v) is 9.62. The summed E-state index contributed by atoms with van der Waals surface area (Å²) in [7, 11) is 0. The van der Waals surface area contributed by atoms with Crippen molar-refractivity contribution in [3.05, 3.63) is 11.6 Å². The molecule has 15 heavy (non-hydrogen) atoms. The quantitative estimate of drug-likeness (QED) is 0.691. The first-order chi connectivity index (χ1) is 7.24. The number of allylic oxidation sites excluding steroid dienone is 1. The summed E-state index contributed by atoms with van der Waals surface area (Å²) in [6, 6.07) is 0.456. The van der Waals surface area contributed by atoms with Gasteiger partial charge < -0.3 is 10.2 Å². The Morgan fingerprint density at radius 1 is 1.53 bits per heavy atom. The van der Waals surface area contributed by atoms with Gasteiger partial charge in [-0.1, -0.05) is 13.0 Å². The van der Waals surface area contributed by atoms with Crippen molar-refractivity contribution in [2.45, 2.75) is 32.7 Å². The lowest BCUT2D eigenvalue weighted by atomic mass is 10.0. The van der Waals surface area contributed by atoms with Crippen LogP contribution >= 0.6 is 0 Å². The Morgan fingerprint density at radius 2 is 2.33 bits per heavy atom. The van der Waals surface area contributed by atoms with E-state index in [-0.39, 0.29) is 5.91 Å². The van der Waals surface area contributed by atoms with Crippen molar-refractivity contribution in [1.29, 1.82) is 0 Å². The molecule has 0 bridgehead atoms. The summed E-state index contributed by atoms with van der Waals surface area (Å²) < 4.78 is 0. The fourth-order valence-electron chi connectivity index (χ4n) is 2.72. The number of carbonyl (C=O) groups is 1. The molecular formula is C12H20N2O. The molecule has 0 saturated carbocycles. The molecule has 0 radical (unpaired) electrons. The lowest BCUT2D eigenvalue weighted by Crippen LogP contribution is -2.39. The maximum atomic E-state index is 12.1. The van der Waals surface area contributed by atoms with Gasteiger partial charge in [-0.3, -0.25) is 4.79 Å². The van der Waals surface area contributed by atoms with Gasteiger partial charge in [0.15, 0.2) is 0 Å². The van der Waals surface area contributed by atoms with E-state index in [1.807, 2.05) is 13.0 Å². The van der Waals surface area contributed by atoms with Crippen LogP contribution in [0.3, 0.4) is 0 Å². The molecule has 0 aliphatic carbocycles. The first-order valence-electron chi connectivity index (χ1n) is 5.92. The minimum atomic E-state index is 0.244. The molecule has 84 valence electrons. The van der Waals surface area contributed by atoms with Gasteiger partial charge >= 0.3 is 0 Å². The molecule has 0 spiro atoms. The molecule has 2 rings (SSSR count). The van der Waals surface area contributed by atoms with Crippen LogP contribution in [0.1, 0.15) is 26.7 Å². The summed E-state index contributed by atoms with van der Waals surface area (Å²) in [4.78, 5) is 14.2. The van der Waals surface area contributed by atoms with E-state index in [4.69, 9.17) is 0 Å². The number of likely N-dealkylation sites (tertiary alicyclic amines) is 1. The van der Waals surface area contributed by atoms with E-state index < -0.39 is 0 Å². The van der Waals surface area contributed by atoms with Crippen LogP contribution in [0.4, 0.5) is 0 Å². The van der Waals surface area contributed by atoms with Gasteiger partial charge in [-0.2, -0.15) is 0 Å². The van der Waals surface area contributed by atoms with Crippen molar-refractivity contribution in [1.82, 2.24) is 10.2 Å². The lowest BCUT2D eigenvalue weighted by molar-refractivity contribution is -0.127. The predicted molar refractivity (Wildman–Crippen MR) is 60.5 cm³/mol. The van der Waals surface area contributed by atoms with Crippen LogP contribution in [0, 0.1) is 5.92 Å². The van der Waals surface area contributed by atoms with Gasteiger partial charge in [0.25, 0.3) is 0 Å². The second kappa shape index (κ2) is 4.35. The highest BCUT2D eigenvalue weighted by Crippen LogP contribution is 2.28. The monoisotopic (exact) mass is 208 g/mol. The standard InChI is InChI=1S/C12H20N2O/c1-3-4-9(2)12(15)14-6-5-10-7-13-8-11(10)14/h4,10-11,13H,3,5-8H2,1-2H3/b9-4+/t10-,11+/m0/s1.